The number of benzene rings is 2. The average molecular weight is 570 g/mol. The molecule has 0 radical (unpaired) electrons. The molecule has 9 heteroatoms. The number of carbonyl (C=O) groups is 2. The first-order chi connectivity index (χ1) is 16.4. The highest BCUT2D eigenvalue weighted by Crippen LogP contribution is 2.21. The molecule has 8 nitrogen and oxygen atoms in total. The number of hydrogen-bond acceptors (Lipinski definition) is 6. The minimum absolute atomic E-state index is 0.00194. The van der Waals surface area contributed by atoms with Crippen molar-refractivity contribution in [3.8, 4) is 11.3 Å². The molecular weight excluding hydrogens is 543 g/mol. The van der Waals surface area contributed by atoms with Gasteiger partial charge in [0.05, 0.1) is 12.2 Å². The van der Waals surface area contributed by atoms with Crippen LogP contribution in [0.25, 0.3) is 11.3 Å². The average Bonchev–Trinajstić information content (AvgIpc) is 2.85. The fraction of sp³-hybridized carbons (Fsp3) is 0.280. The monoisotopic (exact) mass is 570 g/mol. The summed E-state index contributed by atoms with van der Waals surface area (Å²) in [6.07, 6.45) is 1.73. The van der Waals surface area contributed by atoms with Crippen LogP contribution in [0.4, 0.5) is 11.6 Å². The lowest BCUT2D eigenvalue weighted by Gasteiger charge is -2.34. The van der Waals surface area contributed by atoms with E-state index in [4.69, 9.17) is 0 Å². The molecule has 2 heterocycles. The highest BCUT2D eigenvalue weighted by Gasteiger charge is 2.23. The van der Waals surface area contributed by atoms with Crippen LogP contribution in [-0.2, 0) is 4.79 Å². The molecule has 1 aliphatic heterocycles. The zero-order valence-corrected chi connectivity index (χ0v) is 21.4. The van der Waals surface area contributed by atoms with E-state index < -0.39 is 0 Å². The van der Waals surface area contributed by atoms with Crippen molar-refractivity contribution in [1.29, 1.82) is 0 Å². The van der Waals surface area contributed by atoms with Gasteiger partial charge < -0.3 is 15.1 Å². The van der Waals surface area contributed by atoms with Crippen molar-refractivity contribution in [2.75, 3.05) is 52.1 Å². The largest absolute Gasteiger partial charge is 0.348 e. The van der Waals surface area contributed by atoms with Gasteiger partial charge in [-0.1, -0.05) is 12.1 Å². The van der Waals surface area contributed by atoms with Crippen LogP contribution < -0.4 is 5.32 Å². The zero-order valence-electron chi connectivity index (χ0n) is 19.2. The molecule has 2 aromatic carbocycles. The fourth-order valence-corrected chi connectivity index (χ4v) is 4.01. The third-order valence-electron chi connectivity index (χ3n) is 5.70. The predicted octanol–water partition coefficient (Wildman–Crippen LogP) is 3.34. The van der Waals surface area contributed by atoms with E-state index in [1.165, 1.54) is 3.57 Å². The Labute approximate surface area is 213 Å². The Morgan fingerprint density at radius 2 is 1.65 bits per heavy atom. The van der Waals surface area contributed by atoms with Crippen molar-refractivity contribution in [3.05, 3.63) is 69.9 Å². The minimum atomic E-state index is 0.00194. The van der Waals surface area contributed by atoms with Crippen LogP contribution in [0.5, 0.6) is 0 Å². The number of nitrogens with zero attached hydrogens (tertiary/aromatic N) is 5. The molecule has 0 aliphatic carbocycles. The molecule has 1 saturated heterocycles. The molecule has 0 bridgehead atoms. The molecule has 176 valence electrons. The number of amides is 2. The summed E-state index contributed by atoms with van der Waals surface area (Å²) in [4.78, 5) is 39.3. The van der Waals surface area contributed by atoms with Crippen LogP contribution in [0.1, 0.15) is 10.4 Å². The SMILES string of the molecule is CN(C)C(=O)CN1CCN(C(=O)c2ccc(Nc3nccc(-c4ccc(I)cc4)n3)cc2)CC1. The van der Waals surface area contributed by atoms with E-state index in [0.717, 1.165) is 16.9 Å². The molecular formula is C25H27IN6O2. The summed E-state index contributed by atoms with van der Waals surface area (Å²) >= 11 is 2.28. The van der Waals surface area contributed by atoms with Crippen molar-refractivity contribution in [3.63, 3.8) is 0 Å². The number of likely N-dealkylation sites (N-methyl/N-ethyl adjacent to an activating group) is 1. The van der Waals surface area contributed by atoms with Crippen LogP contribution in [0.15, 0.2) is 60.8 Å². The quantitative estimate of drug-likeness (QED) is 0.458. The molecule has 1 N–H and O–H groups in total. The summed E-state index contributed by atoms with van der Waals surface area (Å²) in [6.45, 7) is 3.00. The molecule has 4 rings (SSSR count). The van der Waals surface area contributed by atoms with Gasteiger partial charge >= 0.3 is 0 Å². The van der Waals surface area contributed by atoms with E-state index in [1.54, 1.807) is 25.2 Å². The maximum absolute atomic E-state index is 12.9. The smallest absolute Gasteiger partial charge is 0.253 e. The second-order valence-corrected chi connectivity index (χ2v) is 9.58. The molecule has 1 fully saturated rings. The topological polar surface area (TPSA) is 81.7 Å². The summed E-state index contributed by atoms with van der Waals surface area (Å²) in [5.41, 5.74) is 3.31. The lowest BCUT2D eigenvalue weighted by molar-refractivity contribution is -0.130. The van der Waals surface area contributed by atoms with E-state index in [1.807, 2.05) is 59.5 Å². The van der Waals surface area contributed by atoms with Gasteiger partial charge in [-0.25, -0.2) is 9.97 Å². The molecule has 0 saturated carbocycles. The van der Waals surface area contributed by atoms with Gasteiger partial charge in [0.1, 0.15) is 0 Å². The summed E-state index contributed by atoms with van der Waals surface area (Å²) < 4.78 is 1.17. The first-order valence-corrected chi connectivity index (χ1v) is 12.1. The number of hydrogen-bond donors (Lipinski definition) is 1. The van der Waals surface area contributed by atoms with Gasteiger partial charge in [0.2, 0.25) is 11.9 Å². The van der Waals surface area contributed by atoms with E-state index in [0.29, 0.717) is 44.2 Å². The van der Waals surface area contributed by atoms with E-state index in [-0.39, 0.29) is 11.8 Å². The number of anilines is 2. The van der Waals surface area contributed by atoms with Gasteiger partial charge in [0.15, 0.2) is 0 Å². The maximum atomic E-state index is 12.9. The Bertz CT molecular complexity index is 1140. The normalized spacial score (nSPS) is 14.0. The Hall–Kier alpha value is -3.05. The Morgan fingerprint density at radius 3 is 2.29 bits per heavy atom. The molecule has 0 spiro atoms. The summed E-state index contributed by atoms with van der Waals surface area (Å²) in [7, 11) is 3.51. The summed E-state index contributed by atoms with van der Waals surface area (Å²) in [6, 6.07) is 17.4. The van der Waals surface area contributed by atoms with Crippen LogP contribution in [0.3, 0.4) is 0 Å². The molecule has 3 aromatic rings. The Balaban J connectivity index is 1.35. The standard InChI is InChI=1S/C25H27IN6O2/c1-30(2)23(33)17-31-13-15-32(16-14-31)24(34)19-5-9-21(10-6-19)28-25-27-12-11-22(29-25)18-3-7-20(26)8-4-18/h3-12H,13-17H2,1-2H3,(H,27,28,29). The lowest BCUT2D eigenvalue weighted by Crippen LogP contribution is -2.51. The molecule has 34 heavy (non-hydrogen) atoms. The lowest BCUT2D eigenvalue weighted by atomic mass is 10.1. The summed E-state index contributed by atoms with van der Waals surface area (Å²) in [5.74, 6) is 0.580. The minimum Gasteiger partial charge on any atom is -0.348 e. The zero-order chi connectivity index (χ0) is 24.1. The number of aromatic nitrogens is 2. The van der Waals surface area contributed by atoms with Crippen LogP contribution in [0, 0.1) is 3.57 Å². The predicted molar refractivity (Wildman–Crippen MR) is 141 cm³/mol. The number of rotatable bonds is 6. The van der Waals surface area contributed by atoms with Crippen LogP contribution in [0.2, 0.25) is 0 Å². The van der Waals surface area contributed by atoms with Crippen molar-refractivity contribution in [2.24, 2.45) is 0 Å². The third kappa shape index (κ3) is 6.09. The number of carbonyl (C=O) groups excluding carboxylic acids is 2. The van der Waals surface area contributed by atoms with Gasteiger partial charge in [-0.2, -0.15) is 0 Å². The van der Waals surface area contributed by atoms with Gasteiger partial charge in [0.25, 0.3) is 5.91 Å². The highest BCUT2D eigenvalue weighted by molar-refractivity contribution is 14.1. The maximum Gasteiger partial charge on any atom is 0.253 e. The van der Waals surface area contributed by atoms with E-state index in [2.05, 4.69) is 42.8 Å². The van der Waals surface area contributed by atoms with Gasteiger partial charge in [0, 0.05) is 66.9 Å². The highest BCUT2D eigenvalue weighted by atomic mass is 127. The van der Waals surface area contributed by atoms with Crippen molar-refractivity contribution in [2.45, 2.75) is 0 Å². The molecule has 2 amide bonds. The van der Waals surface area contributed by atoms with Gasteiger partial charge in [-0.15, -0.1) is 0 Å². The molecule has 1 aromatic heterocycles. The first kappa shape index (κ1) is 24.1. The van der Waals surface area contributed by atoms with Crippen LogP contribution >= 0.6 is 22.6 Å². The van der Waals surface area contributed by atoms with Crippen LogP contribution in [-0.4, -0.2) is 83.3 Å². The first-order valence-electron chi connectivity index (χ1n) is 11.1. The number of nitrogens with one attached hydrogen (secondary N) is 1. The Kier molecular flexibility index (Phi) is 7.73. The van der Waals surface area contributed by atoms with E-state index in [9.17, 15) is 9.59 Å². The number of piperazine rings is 1. The number of halogens is 1. The second-order valence-electron chi connectivity index (χ2n) is 8.33. The molecule has 0 atom stereocenters. The fourth-order valence-electron chi connectivity index (χ4n) is 3.65. The molecule has 1 aliphatic rings. The van der Waals surface area contributed by atoms with Crippen molar-refractivity contribution >= 4 is 46.0 Å². The van der Waals surface area contributed by atoms with Gasteiger partial charge in [-0.05, 0) is 65.1 Å². The van der Waals surface area contributed by atoms with Crippen molar-refractivity contribution in [1.82, 2.24) is 24.7 Å². The van der Waals surface area contributed by atoms with Crippen molar-refractivity contribution < 1.29 is 9.59 Å². The van der Waals surface area contributed by atoms with E-state index >= 15 is 0 Å². The van der Waals surface area contributed by atoms with Gasteiger partial charge in [-0.3, -0.25) is 14.5 Å². The second kappa shape index (κ2) is 10.9. The Morgan fingerprint density at radius 1 is 0.971 bits per heavy atom. The summed E-state index contributed by atoms with van der Waals surface area (Å²) in [5, 5.41) is 3.21. The molecule has 0 unspecified atom stereocenters. The third-order valence-corrected chi connectivity index (χ3v) is 6.42.